The van der Waals surface area contributed by atoms with Gasteiger partial charge in [-0.05, 0) is 38.0 Å². The van der Waals surface area contributed by atoms with E-state index in [1.807, 2.05) is 7.05 Å². The van der Waals surface area contributed by atoms with E-state index in [-0.39, 0.29) is 6.04 Å². The SMILES string of the molecule is C=C(NC)C1=NN(c2ccc(C)cc2C)C(c2ccc(C)cc2)C1. The molecule has 3 rings (SSSR count). The van der Waals surface area contributed by atoms with Crippen molar-refractivity contribution in [3.63, 3.8) is 0 Å². The number of rotatable bonds is 4. The summed E-state index contributed by atoms with van der Waals surface area (Å²) in [6.07, 6.45) is 0.857. The molecule has 0 amide bonds. The number of nitrogens with one attached hydrogen (secondary N) is 1. The molecule has 24 heavy (non-hydrogen) atoms. The quantitative estimate of drug-likeness (QED) is 0.888. The number of hydrogen-bond donors (Lipinski definition) is 1. The van der Waals surface area contributed by atoms with Crippen LogP contribution in [0.1, 0.15) is 34.7 Å². The molecule has 124 valence electrons. The molecule has 1 atom stereocenters. The molecule has 0 aliphatic carbocycles. The summed E-state index contributed by atoms with van der Waals surface area (Å²) < 4.78 is 0. The van der Waals surface area contributed by atoms with Crippen molar-refractivity contribution in [3.05, 3.63) is 77.0 Å². The van der Waals surface area contributed by atoms with E-state index in [2.05, 4.69) is 80.1 Å². The average molecular weight is 319 g/mol. The minimum absolute atomic E-state index is 0.201. The van der Waals surface area contributed by atoms with Crippen LogP contribution in [0, 0.1) is 20.8 Å². The number of nitrogens with zero attached hydrogens (tertiary/aromatic N) is 2. The molecule has 1 unspecified atom stereocenters. The van der Waals surface area contributed by atoms with Gasteiger partial charge >= 0.3 is 0 Å². The summed E-state index contributed by atoms with van der Waals surface area (Å²) in [4.78, 5) is 0. The van der Waals surface area contributed by atoms with Crippen molar-refractivity contribution in [2.45, 2.75) is 33.2 Å². The molecule has 0 spiro atoms. The third-order valence-electron chi connectivity index (χ3n) is 4.62. The van der Waals surface area contributed by atoms with Crippen LogP contribution in [-0.2, 0) is 0 Å². The molecule has 0 saturated carbocycles. The van der Waals surface area contributed by atoms with E-state index in [1.54, 1.807) is 0 Å². The summed E-state index contributed by atoms with van der Waals surface area (Å²) in [7, 11) is 1.89. The van der Waals surface area contributed by atoms with Crippen molar-refractivity contribution in [1.29, 1.82) is 0 Å². The third-order valence-corrected chi connectivity index (χ3v) is 4.62. The molecular weight excluding hydrogens is 294 g/mol. The van der Waals surface area contributed by atoms with Crippen LogP contribution in [0.3, 0.4) is 0 Å². The van der Waals surface area contributed by atoms with E-state index in [0.717, 1.165) is 23.5 Å². The van der Waals surface area contributed by atoms with Gasteiger partial charge in [-0.1, -0.05) is 54.1 Å². The second kappa shape index (κ2) is 6.52. The Hall–Kier alpha value is -2.55. The highest BCUT2D eigenvalue weighted by atomic mass is 15.5. The zero-order valence-corrected chi connectivity index (χ0v) is 14.9. The number of allylic oxidation sites excluding steroid dienone is 1. The average Bonchev–Trinajstić information content (AvgIpc) is 3.00. The second-order valence-corrected chi connectivity index (χ2v) is 6.54. The van der Waals surface area contributed by atoms with Crippen molar-refractivity contribution < 1.29 is 0 Å². The highest BCUT2D eigenvalue weighted by Crippen LogP contribution is 2.37. The molecule has 1 aliphatic rings. The summed E-state index contributed by atoms with van der Waals surface area (Å²) in [5.41, 5.74) is 8.13. The first-order chi connectivity index (χ1) is 11.5. The van der Waals surface area contributed by atoms with E-state index in [9.17, 15) is 0 Å². The van der Waals surface area contributed by atoms with Crippen LogP contribution in [0.15, 0.2) is 59.8 Å². The van der Waals surface area contributed by atoms with Gasteiger partial charge in [0, 0.05) is 13.5 Å². The van der Waals surface area contributed by atoms with E-state index >= 15 is 0 Å². The lowest BCUT2D eigenvalue weighted by Crippen LogP contribution is -2.19. The van der Waals surface area contributed by atoms with Crippen molar-refractivity contribution in [1.82, 2.24) is 5.32 Å². The van der Waals surface area contributed by atoms with Gasteiger partial charge in [-0.2, -0.15) is 5.10 Å². The van der Waals surface area contributed by atoms with Crippen LogP contribution in [0.25, 0.3) is 0 Å². The summed E-state index contributed by atoms with van der Waals surface area (Å²) in [5.74, 6) is 0. The minimum Gasteiger partial charge on any atom is -0.387 e. The van der Waals surface area contributed by atoms with E-state index < -0.39 is 0 Å². The lowest BCUT2D eigenvalue weighted by Gasteiger charge is -2.25. The zero-order valence-electron chi connectivity index (χ0n) is 14.9. The number of hydrazone groups is 1. The van der Waals surface area contributed by atoms with Crippen LogP contribution in [-0.4, -0.2) is 12.8 Å². The lowest BCUT2D eigenvalue weighted by molar-refractivity contribution is 0.706. The lowest BCUT2D eigenvalue weighted by atomic mass is 9.99. The van der Waals surface area contributed by atoms with Gasteiger partial charge in [0.1, 0.15) is 0 Å². The second-order valence-electron chi connectivity index (χ2n) is 6.54. The van der Waals surface area contributed by atoms with Gasteiger partial charge in [0.15, 0.2) is 0 Å². The summed E-state index contributed by atoms with van der Waals surface area (Å²) >= 11 is 0. The number of hydrogen-bond acceptors (Lipinski definition) is 3. The van der Waals surface area contributed by atoms with Gasteiger partial charge in [-0.15, -0.1) is 0 Å². The first kappa shape index (κ1) is 16.3. The minimum atomic E-state index is 0.201. The molecule has 0 aromatic heterocycles. The largest absolute Gasteiger partial charge is 0.387 e. The molecule has 3 heteroatoms. The maximum absolute atomic E-state index is 4.89. The van der Waals surface area contributed by atoms with E-state index in [4.69, 9.17) is 5.10 Å². The molecule has 0 fully saturated rings. The predicted octanol–water partition coefficient (Wildman–Crippen LogP) is 4.65. The van der Waals surface area contributed by atoms with Gasteiger partial charge in [-0.3, -0.25) is 5.01 Å². The van der Waals surface area contributed by atoms with Crippen LogP contribution >= 0.6 is 0 Å². The maximum Gasteiger partial charge on any atom is 0.0859 e. The predicted molar refractivity (Wildman–Crippen MR) is 103 cm³/mol. The van der Waals surface area contributed by atoms with Crippen LogP contribution in [0.2, 0.25) is 0 Å². The van der Waals surface area contributed by atoms with E-state index in [1.165, 1.54) is 22.3 Å². The molecule has 1 aliphatic heterocycles. The Morgan fingerprint density at radius 2 is 1.75 bits per heavy atom. The van der Waals surface area contributed by atoms with Gasteiger partial charge in [0.2, 0.25) is 0 Å². The Morgan fingerprint density at radius 3 is 2.38 bits per heavy atom. The fraction of sp³-hybridized carbons (Fsp3) is 0.286. The fourth-order valence-corrected chi connectivity index (χ4v) is 3.17. The van der Waals surface area contributed by atoms with Crippen molar-refractivity contribution >= 4 is 11.4 Å². The number of anilines is 1. The molecule has 0 radical (unpaired) electrons. The first-order valence-corrected chi connectivity index (χ1v) is 8.37. The normalized spacial score (nSPS) is 16.9. The Balaban J connectivity index is 2.04. The molecule has 2 aromatic rings. The molecule has 2 aromatic carbocycles. The Morgan fingerprint density at radius 1 is 1.08 bits per heavy atom. The summed E-state index contributed by atoms with van der Waals surface area (Å²) in [5, 5.41) is 10.2. The maximum atomic E-state index is 4.89. The standard InChI is InChI=1S/C21H25N3/c1-14-6-9-18(10-7-14)21-13-19(17(4)22-5)23-24(21)20-11-8-15(2)12-16(20)3/h6-12,21-22H,4,13H2,1-3,5H3. The van der Waals surface area contributed by atoms with Gasteiger partial charge < -0.3 is 5.32 Å². The molecule has 3 nitrogen and oxygen atoms in total. The molecule has 0 saturated heterocycles. The molecule has 0 bridgehead atoms. The van der Waals surface area contributed by atoms with Gasteiger partial charge in [0.25, 0.3) is 0 Å². The number of benzene rings is 2. The fourth-order valence-electron chi connectivity index (χ4n) is 3.17. The van der Waals surface area contributed by atoms with Crippen molar-refractivity contribution in [2.75, 3.05) is 12.1 Å². The summed E-state index contributed by atoms with van der Waals surface area (Å²) in [6.45, 7) is 10.5. The monoisotopic (exact) mass is 319 g/mol. The Bertz CT molecular complexity index is 787. The highest BCUT2D eigenvalue weighted by molar-refractivity contribution is 6.02. The van der Waals surface area contributed by atoms with Gasteiger partial charge in [0.05, 0.1) is 23.1 Å². The van der Waals surface area contributed by atoms with Crippen LogP contribution in [0.4, 0.5) is 5.69 Å². The highest BCUT2D eigenvalue weighted by Gasteiger charge is 2.30. The van der Waals surface area contributed by atoms with E-state index in [0.29, 0.717) is 0 Å². The topological polar surface area (TPSA) is 27.6 Å². The Labute approximate surface area is 144 Å². The number of aryl methyl sites for hydroxylation is 3. The molecular formula is C21H25N3. The molecule has 1 N–H and O–H groups in total. The van der Waals surface area contributed by atoms with Crippen LogP contribution in [0.5, 0.6) is 0 Å². The van der Waals surface area contributed by atoms with Crippen molar-refractivity contribution in [2.24, 2.45) is 5.10 Å². The van der Waals surface area contributed by atoms with Gasteiger partial charge in [-0.25, -0.2) is 0 Å². The summed E-state index contributed by atoms with van der Waals surface area (Å²) in [6, 6.07) is 15.5. The third kappa shape index (κ3) is 3.07. The first-order valence-electron chi connectivity index (χ1n) is 8.37. The smallest absolute Gasteiger partial charge is 0.0859 e. The van der Waals surface area contributed by atoms with Crippen LogP contribution < -0.4 is 10.3 Å². The zero-order chi connectivity index (χ0) is 17.3. The molecule has 1 heterocycles. The Kier molecular flexibility index (Phi) is 4.43. The van der Waals surface area contributed by atoms with Crippen molar-refractivity contribution in [3.8, 4) is 0 Å².